The lowest BCUT2D eigenvalue weighted by molar-refractivity contribution is 0.102. The van der Waals surface area contributed by atoms with Crippen LogP contribution in [0.5, 0.6) is 5.75 Å². The zero-order valence-corrected chi connectivity index (χ0v) is 13.5. The van der Waals surface area contributed by atoms with Gasteiger partial charge in [-0.25, -0.2) is 9.37 Å². The Balaban J connectivity index is 1.71. The van der Waals surface area contributed by atoms with E-state index in [4.69, 9.17) is 4.74 Å². The minimum Gasteiger partial charge on any atom is -0.494 e. The van der Waals surface area contributed by atoms with Crippen LogP contribution in [0.1, 0.15) is 15.9 Å². The van der Waals surface area contributed by atoms with Gasteiger partial charge in [0.15, 0.2) is 22.5 Å². The molecule has 0 aliphatic rings. The molecule has 0 spiro atoms. The topological polar surface area (TPSA) is 55.0 Å². The van der Waals surface area contributed by atoms with Crippen molar-refractivity contribution in [1.29, 1.82) is 0 Å². The fraction of sp³-hybridized carbons (Fsp3) is 0.176. The van der Waals surface area contributed by atoms with Crippen LogP contribution < -0.4 is 4.74 Å². The number of ketones is 1. The Morgan fingerprint density at radius 1 is 1.30 bits per heavy atom. The van der Waals surface area contributed by atoms with E-state index in [9.17, 15) is 9.18 Å². The van der Waals surface area contributed by atoms with Gasteiger partial charge in [0.1, 0.15) is 0 Å². The fourth-order valence-electron chi connectivity index (χ4n) is 2.23. The maximum Gasteiger partial charge on any atom is 0.173 e. The Morgan fingerprint density at radius 2 is 2.13 bits per heavy atom. The number of thioether (sulfide) groups is 1. The summed E-state index contributed by atoms with van der Waals surface area (Å²) < 4.78 is 18.5. The molecular weight excluding hydrogens is 315 g/mol. The number of aromatic nitrogens is 2. The highest BCUT2D eigenvalue weighted by Gasteiger charge is 2.12. The van der Waals surface area contributed by atoms with Gasteiger partial charge in [0.2, 0.25) is 0 Å². The number of carbonyl (C=O) groups is 1. The summed E-state index contributed by atoms with van der Waals surface area (Å²) in [5.41, 5.74) is 3.27. The van der Waals surface area contributed by atoms with Gasteiger partial charge in [0.05, 0.1) is 23.9 Å². The summed E-state index contributed by atoms with van der Waals surface area (Å²) in [5.74, 6) is -0.387. The molecule has 0 saturated carbocycles. The molecule has 23 heavy (non-hydrogen) atoms. The number of benzene rings is 2. The van der Waals surface area contributed by atoms with Crippen LogP contribution >= 0.6 is 11.8 Å². The van der Waals surface area contributed by atoms with Gasteiger partial charge in [-0.05, 0) is 42.8 Å². The molecule has 1 N–H and O–H groups in total. The van der Waals surface area contributed by atoms with Gasteiger partial charge in [-0.3, -0.25) is 4.79 Å². The molecule has 4 nitrogen and oxygen atoms in total. The van der Waals surface area contributed by atoms with Crippen molar-refractivity contribution in [2.45, 2.75) is 12.1 Å². The molecule has 3 rings (SSSR count). The monoisotopic (exact) mass is 330 g/mol. The maximum atomic E-state index is 13.6. The number of fused-ring (bicyclic) bond motifs is 1. The van der Waals surface area contributed by atoms with Gasteiger partial charge < -0.3 is 9.72 Å². The zero-order chi connectivity index (χ0) is 16.4. The summed E-state index contributed by atoms with van der Waals surface area (Å²) >= 11 is 1.30. The largest absolute Gasteiger partial charge is 0.494 e. The third kappa shape index (κ3) is 3.37. The molecule has 1 heterocycles. The first kappa shape index (κ1) is 15.6. The molecule has 0 amide bonds. The van der Waals surface area contributed by atoms with Crippen molar-refractivity contribution < 1.29 is 13.9 Å². The maximum absolute atomic E-state index is 13.6. The Kier molecular flexibility index (Phi) is 4.34. The highest BCUT2D eigenvalue weighted by atomic mass is 32.2. The predicted molar refractivity (Wildman–Crippen MR) is 88.8 cm³/mol. The molecule has 3 aromatic rings. The molecule has 0 fully saturated rings. The number of nitrogens with zero attached hydrogens (tertiary/aromatic N) is 1. The third-order valence-electron chi connectivity index (χ3n) is 3.43. The van der Waals surface area contributed by atoms with E-state index >= 15 is 0 Å². The zero-order valence-electron chi connectivity index (χ0n) is 12.7. The van der Waals surface area contributed by atoms with Crippen LogP contribution in [0, 0.1) is 12.7 Å². The highest BCUT2D eigenvalue weighted by molar-refractivity contribution is 7.99. The lowest BCUT2D eigenvalue weighted by Gasteiger charge is -2.04. The van der Waals surface area contributed by atoms with E-state index in [0.29, 0.717) is 10.7 Å². The van der Waals surface area contributed by atoms with Crippen molar-refractivity contribution in [3.63, 3.8) is 0 Å². The number of imidazole rings is 1. The van der Waals surface area contributed by atoms with Gasteiger partial charge >= 0.3 is 0 Å². The summed E-state index contributed by atoms with van der Waals surface area (Å²) in [4.78, 5) is 19.8. The van der Waals surface area contributed by atoms with E-state index in [1.165, 1.54) is 31.0 Å². The summed E-state index contributed by atoms with van der Waals surface area (Å²) in [6.45, 7) is 2.01. The highest BCUT2D eigenvalue weighted by Crippen LogP contribution is 2.23. The van der Waals surface area contributed by atoms with Crippen molar-refractivity contribution >= 4 is 28.6 Å². The molecular formula is C17H15FN2O2S. The number of aryl methyl sites for hydroxylation is 1. The van der Waals surface area contributed by atoms with Gasteiger partial charge in [0, 0.05) is 5.56 Å². The van der Waals surface area contributed by atoms with Crippen LogP contribution in [0.4, 0.5) is 4.39 Å². The van der Waals surface area contributed by atoms with Crippen LogP contribution in [-0.2, 0) is 0 Å². The Labute approximate surface area is 137 Å². The number of nitrogens with one attached hydrogen (secondary N) is 1. The van der Waals surface area contributed by atoms with Crippen LogP contribution in [0.25, 0.3) is 11.0 Å². The number of hydrogen-bond acceptors (Lipinski definition) is 4. The summed E-state index contributed by atoms with van der Waals surface area (Å²) in [6.07, 6.45) is 0. The quantitative estimate of drug-likeness (QED) is 0.567. The van der Waals surface area contributed by atoms with Gasteiger partial charge in [0.25, 0.3) is 0 Å². The predicted octanol–water partition coefficient (Wildman–Crippen LogP) is 3.99. The average molecular weight is 330 g/mol. The smallest absolute Gasteiger partial charge is 0.173 e. The first-order chi connectivity index (χ1) is 11.1. The molecule has 2 aromatic carbocycles. The number of hydrogen-bond donors (Lipinski definition) is 1. The Morgan fingerprint density at radius 3 is 2.87 bits per heavy atom. The van der Waals surface area contributed by atoms with Gasteiger partial charge in [-0.1, -0.05) is 17.8 Å². The SMILES string of the molecule is COc1ccc(C(=O)CSc2nc3ccc(C)cc3[nH]2)cc1F. The molecule has 0 saturated heterocycles. The van der Waals surface area contributed by atoms with Crippen molar-refractivity contribution in [2.24, 2.45) is 0 Å². The van der Waals surface area contributed by atoms with Crippen LogP contribution in [0.2, 0.25) is 0 Å². The average Bonchev–Trinajstić information content (AvgIpc) is 2.94. The number of rotatable bonds is 5. The number of aromatic amines is 1. The van der Waals surface area contributed by atoms with Crippen LogP contribution in [0.3, 0.4) is 0 Å². The number of Topliss-reactive ketones (excluding diaryl/α,β-unsaturated/α-hetero) is 1. The fourth-order valence-corrected chi connectivity index (χ4v) is 3.00. The number of halogens is 1. The minimum atomic E-state index is -0.539. The summed E-state index contributed by atoms with van der Waals surface area (Å²) in [5, 5.41) is 0.674. The number of methoxy groups -OCH3 is 1. The molecule has 1 aromatic heterocycles. The number of H-pyrrole nitrogens is 1. The minimum absolute atomic E-state index is 0.127. The van der Waals surface area contributed by atoms with E-state index in [2.05, 4.69) is 9.97 Å². The normalized spacial score (nSPS) is 10.9. The Bertz CT molecular complexity index is 876. The van der Waals surface area contributed by atoms with Gasteiger partial charge in [-0.15, -0.1) is 0 Å². The van der Waals surface area contributed by atoms with Gasteiger partial charge in [-0.2, -0.15) is 0 Å². The van der Waals surface area contributed by atoms with Crippen molar-refractivity contribution in [2.75, 3.05) is 12.9 Å². The molecule has 118 valence electrons. The third-order valence-corrected chi connectivity index (χ3v) is 4.30. The molecule has 0 radical (unpaired) electrons. The summed E-state index contributed by atoms with van der Waals surface area (Å²) in [7, 11) is 1.39. The lowest BCUT2D eigenvalue weighted by Crippen LogP contribution is -2.03. The molecule has 0 unspecified atom stereocenters. The molecule has 0 bridgehead atoms. The first-order valence-corrected chi connectivity index (χ1v) is 8.01. The second kappa shape index (κ2) is 6.42. The molecule has 0 aliphatic heterocycles. The summed E-state index contributed by atoms with van der Waals surface area (Å²) in [6, 6.07) is 10.1. The second-order valence-electron chi connectivity index (χ2n) is 5.12. The molecule has 0 atom stereocenters. The Hall–Kier alpha value is -2.34. The standard InChI is InChI=1S/C17H15FN2O2S/c1-10-3-5-13-14(7-10)20-17(19-13)23-9-15(21)11-4-6-16(22-2)12(18)8-11/h3-8H,9H2,1-2H3,(H,19,20). The first-order valence-electron chi connectivity index (χ1n) is 7.03. The van der Waals surface area contributed by atoms with E-state index in [-0.39, 0.29) is 17.3 Å². The molecule has 6 heteroatoms. The van der Waals surface area contributed by atoms with Crippen molar-refractivity contribution in [3.8, 4) is 5.75 Å². The van der Waals surface area contributed by atoms with E-state index < -0.39 is 5.82 Å². The lowest BCUT2D eigenvalue weighted by atomic mass is 10.1. The number of ether oxygens (including phenoxy) is 1. The van der Waals surface area contributed by atoms with Crippen LogP contribution in [-0.4, -0.2) is 28.6 Å². The van der Waals surface area contributed by atoms with Crippen molar-refractivity contribution in [3.05, 3.63) is 53.3 Å². The van der Waals surface area contributed by atoms with E-state index in [0.717, 1.165) is 16.6 Å². The van der Waals surface area contributed by atoms with E-state index in [1.807, 2.05) is 25.1 Å². The molecule has 0 aliphatic carbocycles. The number of carbonyl (C=O) groups excluding carboxylic acids is 1. The second-order valence-corrected chi connectivity index (χ2v) is 6.09. The van der Waals surface area contributed by atoms with E-state index in [1.54, 1.807) is 6.07 Å². The van der Waals surface area contributed by atoms with Crippen molar-refractivity contribution in [1.82, 2.24) is 9.97 Å². The van der Waals surface area contributed by atoms with Crippen LogP contribution in [0.15, 0.2) is 41.6 Å².